The summed E-state index contributed by atoms with van der Waals surface area (Å²) in [5.74, 6) is -0.244. The lowest BCUT2D eigenvalue weighted by Crippen LogP contribution is -2.14. The summed E-state index contributed by atoms with van der Waals surface area (Å²) in [7, 11) is -3.97. The molecule has 0 unspecified atom stereocenters. The van der Waals surface area contributed by atoms with Crippen LogP contribution in [0.4, 0.5) is 14.5 Å². The molecule has 0 fully saturated rings. The van der Waals surface area contributed by atoms with Crippen molar-refractivity contribution in [3.05, 3.63) is 59.2 Å². The summed E-state index contributed by atoms with van der Waals surface area (Å²) < 4.78 is 56.6. The molecule has 1 heterocycles. The molecule has 0 aliphatic rings. The number of ether oxygens (including phenoxy) is 1. The van der Waals surface area contributed by atoms with Crippen LogP contribution in [0.5, 0.6) is 5.75 Å². The summed E-state index contributed by atoms with van der Waals surface area (Å²) in [6.07, 6.45) is 1.58. The molecule has 5 nitrogen and oxygen atoms in total. The number of hydrogen-bond acceptors (Lipinski definition) is 4. The third kappa shape index (κ3) is 3.86. The summed E-state index contributed by atoms with van der Waals surface area (Å²) in [6.45, 7) is -1.17. The summed E-state index contributed by atoms with van der Waals surface area (Å²) in [5.41, 5.74) is 1.34. The average Bonchev–Trinajstić information content (AvgIpc) is 2.56. The molecule has 136 valence electrons. The van der Waals surface area contributed by atoms with Crippen LogP contribution in [-0.4, -0.2) is 20.0 Å². The molecule has 9 heteroatoms. The van der Waals surface area contributed by atoms with Gasteiger partial charge in [0, 0.05) is 11.6 Å². The van der Waals surface area contributed by atoms with Crippen LogP contribution in [-0.2, 0) is 10.0 Å². The number of sulfonamides is 1. The van der Waals surface area contributed by atoms with Crippen molar-refractivity contribution >= 4 is 38.2 Å². The number of rotatable bonds is 5. The van der Waals surface area contributed by atoms with Gasteiger partial charge in [0.2, 0.25) is 0 Å². The van der Waals surface area contributed by atoms with Gasteiger partial charge >= 0.3 is 6.61 Å². The second-order valence-corrected chi connectivity index (χ2v) is 7.53. The molecule has 3 aromatic rings. The molecule has 0 bridgehead atoms. The molecular weight excluding hydrogens is 386 g/mol. The van der Waals surface area contributed by atoms with Gasteiger partial charge in [0.1, 0.15) is 10.6 Å². The molecule has 0 atom stereocenters. The average molecular weight is 399 g/mol. The lowest BCUT2D eigenvalue weighted by atomic mass is 10.2. The van der Waals surface area contributed by atoms with Crippen LogP contribution in [0.1, 0.15) is 5.56 Å². The highest BCUT2D eigenvalue weighted by Gasteiger charge is 2.19. The van der Waals surface area contributed by atoms with Crippen molar-refractivity contribution in [2.45, 2.75) is 18.4 Å². The van der Waals surface area contributed by atoms with E-state index >= 15 is 0 Å². The molecule has 0 radical (unpaired) electrons. The van der Waals surface area contributed by atoms with Gasteiger partial charge in [-0.25, -0.2) is 8.42 Å². The van der Waals surface area contributed by atoms with Crippen LogP contribution in [0, 0.1) is 6.92 Å². The zero-order valence-electron chi connectivity index (χ0n) is 13.4. The first kappa shape index (κ1) is 18.3. The topological polar surface area (TPSA) is 68.3 Å². The number of nitrogens with zero attached hydrogens (tertiary/aromatic N) is 1. The maximum absolute atomic E-state index is 12.7. The highest BCUT2D eigenvalue weighted by atomic mass is 35.5. The van der Waals surface area contributed by atoms with E-state index in [0.717, 1.165) is 11.6 Å². The normalized spacial score (nSPS) is 11.7. The predicted molar refractivity (Wildman–Crippen MR) is 95.4 cm³/mol. The van der Waals surface area contributed by atoms with Crippen LogP contribution in [0.15, 0.2) is 53.6 Å². The quantitative estimate of drug-likeness (QED) is 0.682. The van der Waals surface area contributed by atoms with E-state index in [2.05, 4.69) is 14.4 Å². The monoisotopic (exact) mass is 398 g/mol. The predicted octanol–water partition coefficient (Wildman–Crippen LogP) is 4.60. The number of alkyl halides is 2. The minimum Gasteiger partial charge on any atom is -0.433 e. The molecule has 2 aromatic carbocycles. The maximum atomic E-state index is 12.7. The van der Waals surface area contributed by atoms with Crippen molar-refractivity contribution in [1.82, 2.24) is 4.98 Å². The number of hydrogen-bond donors (Lipinski definition) is 1. The van der Waals surface area contributed by atoms with Crippen LogP contribution >= 0.6 is 11.6 Å². The van der Waals surface area contributed by atoms with Crippen molar-refractivity contribution in [2.24, 2.45) is 0 Å². The second-order valence-electron chi connectivity index (χ2n) is 5.47. The summed E-state index contributed by atoms with van der Waals surface area (Å²) in [5, 5.41) is 0.545. The Morgan fingerprint density at radius 2 is 1.96 bits per heavy atom. The Morgan fingerprint density at radius 3 is 2.65 bits per heavy atom. The van der Waals surface area contributed by atoms with Crippen molar-refractivity contribution in [1.29, 1.82) is 0 Å². The van der Waals surface area contributed by atoms with Gasteiger partial charge in [0.05, 0.1) is 16.2 Å². The van der Waals surface area contributed by atoms with Crippen molar-refractivity contribution in [3.63, 3.8) is 0 Å². The van der Waals surface area contributed by atoms with Gasteiger partial charge in [-0.2, -0.15) is 8.78 Å². The Morgan fingerprint density at radius 1 is 1.19 bits per heavy atom. The van der Waals surface area contributed by atoms with Gasteiger partial charge in [-0.05, 0) is 42.8 Å². The molecule has 0 aliphatic heterocycles. The van der Waals surface area contributed by atoms with E-state index in [-0.39, 0.29) is 21.4 Å². The van der Waals surface area contributed by atoms with Crippen molar-refractivity contribution < 1.29 is 21.9 Å². The number of fused-ring (bicyclic) bond motifs is 1. The van der Waals surface area contributed by atoms with Gasteiger partial charge in [-0.15, -0.1) is 0 Å². The lowest BCUT2D eigenvalue weighted by molar-refractivity contribution is -0.0497. The number of para-hydroxylation sites is 1. The van der Waals surface area contributed by atoms with Gasteiger partial charge < -0.3 is 4.74 Å². The third-order valence-corrected chi connectivity index (χ3v) is 5.21. The number of aromatic nitrogens is 1. The fourth-order valence-corrected chi connectivity index (χ4v) is 3.88. The number of anilines is 1. The largest absolute Gasteiger partial charge is 0.433 e. The molecule has 26 heavy (non-hydrogen) atoms. The number of pyridine rings is 1. The second kappa shape index (κ2) is 7.05. The smallest absolute Gasteiger partial charge is 0.387 e. The molecule has 0 saturated carbocycles. The molecule has 0 amide bonds. The molecule has 0 saturated heterocycles. The zero-order valence-corrected chi connectivity index (χ0v) is 15.0. The van der Waals surface area contributed by atoms with E-state index in [0.29, 0.717) is 10.9 Å². The minimum absolute atomic E-state index is 0.000899. The molecule has 3 rings (SSSR count). The molecule has 0 aliphatic carbocycles. The van der Waals surface area contributed by atoms with Crippen molar-refractivity contribution in [2.75, 3.05) is 4.72 Å². The molecular formula is C17H13ClF2N2O3S. The molecule has 1 N–H and O–H groups in total. The van der Waals surface area contributed by atoms with Gasteiger partial charge in [0.15, 0.2) is 0 Å². The van der Waals surface area contributed by atoms with E-state index in [4.69, 9.17) is 11.6 Å². The highest BCUT2D eigenvalue weighted by Crippen LogP contribution is 2.30. The minimum atomic E-state index is -3.97. The molecule has 0 spiro atoms. The Kier molecular flexibility index (Phi) is 4.97. The van der Waals surface area contributed by atoms with E-state index in [1.165, 1.54) is 18.2 Å². The fourth-order valence-electron chi connectivity index (χ4n) is 2.43. The first-order chi connectivity index (χ1) is 12.3. The van der Waals surface area contributed by atoms with E-state index in [9.17, 15) is 17.2 Å². The van der Waals surface area contributed by atoms with Gasteiger partial charge in [0.25, 0.3) is 10.0 Å². The highest BCUT2D eigenvalue weighted by molar-refractivity contribution is 7.93. The van der Waals surface area contributed by atoms with Crippen LogP contribution in [0.3, 0.4) is 0 Å². The molecule has 1 aromatic heterocycles. The van der Waals surface area contributed by atoms with Gasteiger partial charge in [-0.3, -0.25) is 9.71 Å². The Hall–Kier alpha value is -2.45. The first-order valence-corrected chi connectivity index (χ1v) is 9.25. The first-order valence-electron chi connectivity index (χ1n) is 7.39. The Labute approximate surface area is 153 Å². The standard InChI is InChI=1S/C17H13ClF2N2O3S/c1-10-7-11-3-2-4-15(16(11)21-9-10)26(23,24)22-12-5-6-14(13(18)8-12)25-17(19)20/h2-9,17,22H,1H3. The van der Waals surface area contributed by atoms with Crippen LogP contribution in [0.25, 0.3) is 10.9 Å². The van der Waals surface area contributed by atoms with Gasteiger partial charge in [-0.1, -0.05) is 23.7 Å². The SMILES string of the molecule is Cc1cnc2c(S(=O)(=O)Nc3ccc(OC(F)F)c(Cl)c3)cccc2c1. The zero-order chi connectivity index (χ0) is 18.9. The van der Waals surface area contributed by atoms with Crippen LogP contribution < -0.4 is 9.46 Å². The number of nitrogens with one attached hydrogen (secondary N) is 1. The van der Waals surface area contributed by atoms with E-state index in [1.807, 2.05) is 13.0 Å². The summed E-state index contributed by atoms with van der Waals surface area (Å²) in [6, 6.07) is 10.3. The third-order valence-electron chi connectivity index (χ3n) is 3.50. The van der Waals surface area contributed by atoms with E-state index < -0.39 is 16.6 Å². The Bertz CT molecular complexity index is 1070. The lowest BCUT2D eigenvalue weighted by Gasteiger charge is -2.12. The Balaban J connectivity index is 1.96. The maximum Gasteiger partial charge on any atom is 0.387 e. The number of halogens is 3. The summed E-state index contributed by atoms with van der Waals surface area (Å²) in [4.78, 5) is 4.20. The van der Waals surface area contributed by atoms with E-state index in [1.54, 1.807) is 18.3 Å². The van der Waals surface area contributed by atoms with Crippen LogP contribution in [0.2, 0.25) is 5.02 Å². The summed E-state index contributed by atoms with van der Waals surface area (Å²) >= 11 is 5.86. The fraction of sp³-hybridized carbons (Fsp3) is 0.118. The van der Waals surface area contributed by atoms with Crippen molar-refractivity contribution in [3.8, 4) is 5.75 Å². The number of aryl methyl sites for hydroxylation is 1. The number of benzene rings is 2.